The van der Waals surface area contributed by atoms with Crippen LogP contribution in [0.15, 0.2) is 18.6 Å². The Balaban J connectivity index is 1.93. The van der Waals surface area contributed by atoms with E-state index in [4.69, 9.17) is 9.84 Å². The van der Waals surface area contributed by atoms with Gasteiger partial charge in [0.25, 0.3) is 0 Å². The van der Waals surface area contributed by atoms with Gasteiger partial charge in [-0.3, -0.25) is 0 Å². The van der Waals surface area contributed by atoms with Crippen LogP contribution in [0.5, 0.6) is 0 Å². The highest BCUT2D eigenvalue weighted by atomic mass is 16.5. The topological polar surface area (TPSA) is 60.2 Å². The predicted molar refractivity (Wildman–Crippen MR) is 67.1 cm³/mol. The molecule has 1 unspecified atom stereocenters. The van der Waals surface area contributed by atoms with Crippen molar-refractivity contribution in [3.05, 3.63) is 24.2 Å². The molecule has 0 saturated heterocycles. The lowest BCUT2D eigenvalue weighted by Gasteiger charge is -2.37. The third-order valence-electron chi connectivity index (χ3n) is 3.57. The quantitative estimate of drug-likeness (QED) is 0.892. The normalized spacial score (nSPS) is 23.2. The SMILES string of the molecule is CCO[C@H]1CCC1n1cnc2cc(CO)cnc21. The van der Waals surface area contributed by atoms with Gasteiger partial charge in [0.05, 0.1) is 25.1 Å². The van der Waals surface area contributed by atoms with Crippen molar-refractivity contribution in [2.45, 2.75) is 38.5 Å². The second-order valence-electron chi connectivity index (χ2n) is 4.63. The van der Waals surface area contributed by atoms with Crippen LogP contribution in [0, 0.1) is 0 Å². The molecule has 2 atom stereocenters. The first-order valence-electron chi connectivity index (χ1n) is 6.37. The van der Waals surface area contributed by atoms with Crippen molar-refractivity contribution >= 4 is 11.2 Å². The summed E-state index contributed by atoms with van der Waals surface area (Å²) in [5.41, 5.74) is 2.51. The van der Waals surface area contributed by atoms with Gasteiger partial charge in [0, 0.05) is 12.8 Å². The number of hydrogen-bond acceptors (Lipinski definition) is 4. The van der Waals surface area contributed by atoms with E-state index in [1.165, 1.54) is 0 Å². The Labute approximate surface area is 105 Å². The van der Waals surface area contributed by atoms with Crippen LogP contribution in [0.3, 0.4) is 0 Å². The van der Waals surface area contributed by atoms with Gasteiger partial charge in [-0.15, -0.1) is 0 Å². The van der Waals surface area contributed by atoms with E-state index in [2.05, 4.69) is 14.5 Å². The van der Waals surface area contributed by atoms with Gasteiger partial charge in [-0.2, -0.15) is 0 Å². The molecule has 0 aromatic carbocycles. The first kappa shape index (κ1) is 11.6. The van der Waals surface area contributed by atoms with Crippen molar-refractivity contribution in [1.29, 1.82) is 0 Å². The van der Waals surface area contributed by atoms with E-state index in [0.29, 0.717) is 6.04 Å². The van der Waals surface area contributed by atoms with E-state index in [9.17, 15) is 0 Å². The molecule has 1 N–H and O–H groups in total. The summed E-state index contributed by atoms with van der Waals surface area (Å²) in [6.07, 6.45) is 6.03. The molecule has 0 bridgehead atoms. The van der Waals surface area contributed by atoms with Gasteiger partial charge in [0.2, 0.25) is 0 Å². The second-order valence-corrected chi connectivity index (χ2v) is 4.63. The number of hydrogen-bond donors (Lipinski definition) is 1. The molecule has 2 aromatic rings. The van der Waals surface area contributed by atoms with Crippen LogP contribution in [-0.4, -0.2) is 32.4 Å². The van der Waals surface area contributed by atoms with Crippen LogP contribution in [-0.2, 0) is 11.3 Å². The van der Waals surface area contributed by atoms with Crippen molar-refractivity contribution in [3.8, 4) is 0 Å². The van der Waals surface area contributed by atoms with Crippen molar-refractivity contribution in [1.82, 2.24) is 14.5 Å². The molecule has 1 aliphatic rings. The van der Waals surface area contributed by atoms with E-state index in [-0.39, 0.29) is 12.7 Å². The average Bonchev–Trinajstić information content (AvgIpc) is 2.77. The van der Waals surface area contributed by atoms with Gasteiger partial charge in [-0.1, -0.05) is 0 Å². The Bertz CT molecular complexity index is 552. The fourth-order valence-corrected chi connectivity index (χ4v) is 2.47. The zero-order valence-corrected chi connectivity index (χ0v) is 10.4. The van der Waals surface area contributed by atoms with Crippen LogP contribution in [0.2, 0.25) is 0 Å². The zero-order valence-electron chi connectivity index (χ0n) is 10.4. The number of pyridine rings is 1. The van der Waals surface area contributed by atoms with Crippen molar-refractivity contribution in [2.75, 3.05) is 6.61 Å². The molecular weight excluding hydrogens is 230 g/mol. The fourth-order valence-electron chi connectivity index (χ4n) is 2.47. The number of rotatable bonds is 4. The van der Waals surface area contributed by atoms with E-state index in [1.807, 2.05) is 19.3 Å². The van der Waals surface area contributed by atoms with Gasteiger partial charge in [0.15, 0.2) is 5.65 Å². The lowest BCUT2D eigenvalue weighted by Crippen LogP contribution is -2.36. The number of nitrogens with zero attached hydrogens (tertiary/aromatic N) is 3. The van der Waals surface area contributed by atoms with Crippen LogP contribution in [0.25, 0.3) is 11.2 Å². The molecular formula is C13H17N3O2. The summed E-state index contributed by atoms with van der Waals surface area (Å²) >= 11 is 0. The minimum Gasteiger partial charge on any atom is -0.392 e. The molecule has 0 radical (unpaired) electrons. The molecule has 5 heteroatoms. The first-order chi connectivity index (χ1) is 8.83. The summed E-state index contributed by atoms with van der Waals surface area (Å²) in [6, 6.07) is 2.23. The highest BCUT2D eigenvalue weighted by Gasteiger charge is 2.33. The monoisotopic (exact) mass is 247 g/mol. The van der Waals surface area contributed by atoms with Gasteiger partial charge in [-0.25, -0.2) is 9.97 Å². The molecule has 2 aromatic heterocycles. The van der Waals surface area contributed by atoms with E-state index in [0.717, 1.165) is 36.2 Å². The molecule has 0 spiro atoms. The van der Waals surface area contributed by atoms with E-state index < -0.39 is 0 Å². The average molecular weight is 247 g/mol. The third-order valence-corrected chi connectivity index (χ3v) is 3.57. The molecule has 1 aliphatic carbocycles. The molecule has 96 valence electrons. The summed E-state index contributed by atoms with van der Waals surface area (Å²) in [6.45, 7) is 2.77. The maximum absolute atomic E-state index is 9.09. The second kappa shape index (κ2) is 4.66. The van der Waals surface area contributed by atoms with Gasteiger partial charge >= 0.3 is 0 Å². The van der Waals surface area contributed by atoms with Gasteiger partial charge < -0.3 is 14.4 Å². The maximum Gasteiger partial charge on any atom is 0.160 e. The standard InChI is InChI=1S/C13H17N3O2/c1-2-18-12-4-3-11(12)16-8-15-10-5-9(7-17)6-14-13(10)16/h5-6,8,11-12,17H,2-4,7H2,1H3/t11?,12-/m0/s1. The molecule has 2 heterocycles. The van der Waals surface area contributed by atoms with Crippen molar-refractivity contribution in [2.24, 2.45) is 0 Å². The minimum absolute atomic E-state index is 0.000793. The molecule has 0 aliphatic heterocycles. The number of aliphatic hydroxyl groups is 1. The smallest absolute Gasteiger partial charge is 0.160 e. The maximum atomic E-state index is 9.09. The highest BCUT2D eigenvalue weighted by Crippen LogP contribution is 2.36. The summed E-state index contributed by atoms with van der Waals surface area (Å²) in [5, 5.41) is 9.09. The number of ether oxygens (including phenoxy) is 1. The lowest BCUT2D eigenvalue weighted by molar-refractivity contribution is -0.0327. The Morgan fingerprint density at radius 3 is 3.00 bits per heavy atom. The summed E-state index contributed by atoms with van der Waals surface area (Å²) in [4.78, 5) is 8.75. The molecule has 18 heavy (non-hydrogen) atoms. The molecule has 0 amide bonds. The minimum atomic E-state index is 0.000793. The molecule has 1 fully saturated rings. The van der Waals surface area contributed by atoms with Crippen LogP contribution < -0.4 is 0 Å². The summed E-state index contributed by atoms with van der Waals surface area (Å²) in [5.74, 6) is 0. The molecule has 1 saturated carbocycles. The lowest BCUT2D eigenvalue weighted by atomic mass is 9.88. The van der Waals surface area contributed by atoms with Crippen molar-refractivity contribution < 1.29 is 9.84 Å². The summed E-state index contributed by atoms with van der Waals surface area (Å²) in [7, 11) is 0. The largest absolute Gasteiger partial charge is 0.392 e. The Hall–Kier alpha value is -1.46. The first-order valence-corrected chi connectivity index (χ1v) is 6.37. The number of imidazole rings is 1. The van der Waals surface area contributed by atoms with E-state index >= 15 is 0 Å². The third kappa shape index (κ3) is 1.79. The highest BCUT2D eigenvalue weighted by molar-refractivity contribution is 5.71. The molecule has 5 nitrogen and oxygen atoms in total. The number of aromatic nitrogens is 3. The fraction of sp³-hybridized carbons (Fsp3) is 0.538. The van der Waals surface area contributed by atoms with Gasteiger partial charge in [0.1, 0.15) is 5.52 Å². The Kier molecular flexibility index (Phi) is 3.01. The Morgan fingerprint density at radius 2 is 2.33 bits per heavy atom. The number of aliphatic hydroxyl groups excluding tert-OH is 1. The van der Waals surface area contributed by atoms with Crippen LogP contribution in [0.1, 0.15) is 31.4 Å². The van der Waals surface area contributed by atoms with Crippen LogP contribution in [0.4, 0.5) is 0 Å². The van der Waals surface area contributed by atoms with Crippen molar-refractivity contribution in [3.63, 3.8) is 0 Å². The van der Waals surface area contributed by atoms with Gasteiger partial charge in [-0.05, 0) is 31.4 Å². The number of fused-ring (bicyclic) bond motifs is 1. The predicted octanol–water partition coefficient (Wildman–Crippen LogP) is 1.66. The van der Waals surface area contributed by atoms with E-state index in [1.54, 1.807) is 6.20 Å². The summed E-state index contributed by atoms with van der Waals surface area (Å²) < 4.78 is 7.79. The van der Waals surface area contributed by atoms with Crippen LogP contribution >= 0.6 is 0 Å². The zero-order chi connectivity index (χ0) is 12.5. The molecule has 3 rings (SSSR count). The Morgan fingerprint density at radius 1 is 1.44 bits per heavy atom.